The number of aryl methyl sites for hydroxylation is 1. The van der Waals surface area contributed by atoms with Crippen LogP contribution in [-0.2, 0) is 12.8 Å². The SMILES string of the molecule is CCOc1ccc2ccccc2c1-c1nc2sc3c(c2c(=O)[nH]1)CCC(C(C)(C)C)C3. The Morgan fingerprint density at radius 3 is 2.77 bits per heavy atom. The number of aromatic nitrogens is 2. The van der Waals surface area contributed by atoms with E-state index in [2.05, 4.69) is 44.0 Å². The highest BCUT2D eigenvalue weighted by Crippen LogP contribution is 2.43. The van der Waals surface area contributed by atoms with Crippen LogP contribution in [0.1, 0.15) is 44.6 Å². The van der Waals surface area contributed by atoms with Crippen LogP contribution < -0.4 is 10.3 Å². The second-order valence-corrected chi connectivity index (χ2v) is 10.6. The van der Waals surface area contributed by atoms with Gasteiger partial charge in [-0.1, -0.05) is 51.1 Å². The van der Waals surface area contributed by atoms with Crippen LogP contribution in [0.5, 0.6) is 5.75 Å². The van der Waals surface area contributed by atoms with E-state index in [1.165, 1.54) is 10.4 Å². The fourth-order valence-electron chi connectivity index (χ4n) is 4.81. The molecule has 2 aromatic heterocycles. The Balaban J connectivity index is 1.70. The van der Waals surface area contributed by atoms with Gasteiger partial charge >= 0.3 is 0 Å². The Labute approximate surface area is 186 Å². The maximum Gasteiger partial charge on any atom is 0.260 e. The van der Waals surface area contributed by atoms with Gasteiger partial charge in [0.15, 0.2) is 0 Å². The quantitative estimate of drug-likeness (QED) is 0.410. The van der Waals surface area contributed by atoms with Crippen molar-refractivity contribution < 1.29 is 4.74 Å². The van der Waals surface area contributed by atoms with Crippen molar-refractivity contribution in [2.75, 3.05) is 6.61 Å². The molecule has 160 valence electrons. The van der Waals surface area contributed by atoms with Gasteiger partial charge in [0.2, 0.25) is 0 Å². The highest BCUT2D eigenvalue weighted by molar-refractivity contribution is 7.18. The molecule has 4 nitrogen and oxygen atoms in total. The minimum Gasteiger partial charge on any atom is -0.493 e. The average molecular weight is 433 g/mol. The zero-order chi connectivity index (χ0) is 21.8. The molecular formula is C26H28N2O2S. The third kappa shape index (κ3) is 3.45. The first-order chi connectivity index (χ1) is 14.9. The number of fused-ring (bicyclic) bond motifs is 4. The van der Waals surface area contributed by atoms with Crippen LogP contribution in [0.25, 0.3) is 32.4 Å². The number of nitrogens with one attached hydrogen (secondary N) is 1. The number of benzene rings is 2. The van der Waals surface area contributed by atoms with E-state index >= 15 is 0 Å². The standard InChI is InChI=1S/C26H28N2O2S/c1-5-30-19-13-10-15-8-6-7-9-17(15)21(19)23-27-24(29)22-18-12-11-16(26(2,3)4)14-20(18)31-25(22)28-23/h6-10,13,16H,5,11-12,14H2,1-4H3,(H,27,28,29). The van der Waals surface area contributed by atoms with E-state index in [-0.39, 0.29) is 11.0 Å². The van der Waals surface area contributed by atoms with Crippen LogP contribution in [0.15, 0.2) is 41.2 Å². The van der Waals surface area contributed by atoms with Gasteiger partial charge in [0.1, 0.15) is 16.4 Å². The molecule has 0 aliphatic heterocycles. The molecule has 0 saturated heterocycles. The van der Waals surface area contributed by atoms with E-state index < -0.39 is 0 Å². The second kappa shape index (κ2) is 7.49. The Hall–Kier alpha value is -2.66. The highest BCUT2D eigenvalue weighted by atomic mass is 32.1. The zero-order valence-electron chi connectivity index (χ0n) is 18.5. The summed E-state index contributed by atoms with van der Waals surface area (Å²) in [6.45, 7) is 9.47. The molecule has 0 radical (unpaired) electrons. The number of ether oxygens (including phenoxy) is 1. The van der Waals surface area contributed by atoms with Crippen LogP contribution in [-0.4, -0.2) is 16.6 Å². The van der Waals surface area contributed by atoms with Gasteiger partial charge in [0, 0.05) is 4.88 Å². The minimum atomic E-state index is -0.0397. The lowest BCUT2D eigenvalue weighted by Gasteiger charge is -2.33. The van der Waals surface area contributed by atoms with E-state index in [1.807, 2.05) is 25.1 Å². The summed E-state index contributed by atoms with van der Waals surface area (Å²) in [6, 6.07) is 12.2. The number of hydrogen-bond acceptors (Lipinski definition) is 4. The molecule has 0 fully saturated rings. The van der Waals surface area contributed by atoms with Gasteiger partial charge in [-0.3, -0.25) is 4.79 Å². The van der Waals surface area contributed by atoms with E-state index in [1.54, 1.807) is 11.3 Å². The van der Waals surface area contributed by atoms with Crippen molar-refractivity contribution in [1.29, 1.82) is 0 Å². The highest BCUT2D eigenvalue weighted by Gasteiger charge is 2.32. The Bertz CT molecular complexity index is 1340. The van der Waals surface area contributed by atoms with Crippen molar-refractivity contribution >= 4 is 32.3 Å². The molecule has 5 rings (SSSR count). The molecule has 1 aliphatic rings. The molecule has 1 N–H and O–H groups in total. The smallest absolute Gasteiger partial charge is 0.260 e. The fraction of sp³-hybridized carbons (Fsp3) is 0.385. The number of hydrogen-bond donors (Lipinski definition) is 1. The van der Waals surface area contributed by atoms with Gasteiger partial charge in [-0.25, -0.2) is 4.98 Å². The molecule has 31 heavy (non-hydrogen) atoms. The van der Waals surface area contributed by atoms with Gasteiger partial charge in [-0.15, -0.1) is 11.3 Å². The molecule has 4 aromatic rings. The molecule has 0 bridgehead atoms. The van der Waals surface area contributed by atoms with Gasteiger partial charge in [0.05, 0.1) is 17.6 Å². The van der Waals surface area contributed by atoms with Gasteiger partial charge in [-0.05, 0) is 59.9 Å². The van der Waals surface area contributed by atoms with Crippen molar-refractivity contribution in [3.8, 4) is 17.1 Å². The molecule has 0 saturated carbocycles. The summed E-state index contributed by atoms with van der Waals surface area (Å²) in [6.07, 6.45) is 3.12. The van der Waals surface area contributed by atoms with E-state index in [9.17, 15) is 4.79 Å². The van der Waals surface area contributed by atoms with Gasteiger partial charge in [-0.2, -0.15) is 0 Å². The summed E-state index contributed by atoms with van der Waals surface area (Å²) >= 11 is 1.70. The summed E-state index contributed by atoms with van der Waals surface area (Å²) in [4.78, 5) is 23.5. The predicted molar refractivity (Wildman–Crippen MR) is 129 cm³/mol. The molecule has 2 heterocycles. The van der Waals surface area contributed by atoms with Crippen molar-refractivity contribution in [3.05, 3.63) is 57.2 Å². The number of rotatable bonds is 3. The lowest BCUT2D eigenvalue weighted by atomic mass is 9.72. The summed E-state index contributed by atoms with van der Waals surface area (Å²) in [5, 5.41) is 2.92. The first kappa shape index (κ1) is 20.3. The van der Waals surface area contributed by atoms with Gasteiger partial charge in [0.25, 0.3) is 5.56 Å². The van der Waals surface area contributed by atoms with Crippen LogP contribution in [0.3, 0.4) is 0 Å². The Morgan fingerprint density at radius 2 is 2.00 bits per heavy atom. The van der Waals surface area contributed by atoms with Crippen molar-refractivity contribution in [1.82, 2.24) is 9.97 Å². The van der Waals surface area contributed by atoms with E-state index in [0.717, 1.165) is 51.6 Å². The maximum atomic E-state index is 13.3. The van der Waals surface area contributed by atoms with Crippen molar-refractivity contribution in [2.24, 2.45) is 11.3 Å². The molecule has 2 aromatic carbocycles. The van der Waals surface area contributed by atoms with Crippen LogP contribution in [0, 0.1) is 11.3 Å². The average Bonchev–Trinajstić information content (AvgIpc) is 3.11. The van der Waals surface area contributed by atoms with Crippen LogP contribution >= 0.6 is 11.3 Å². The molecule has 1 aliphatic carbocycles. The monoisotopic (exact) mass is 432 g/mol. The van der Waals surface area contributed by atoms with Crippen LogP contribution in [0.4, 0.5) is 0 Å². The first-order valence-corrected chi connectivity index (χ1v) is 11.9. The molecular weight excluding hydrogens is 404 g/mol. The normalized spacial score (nSPS) is 16.6. The Morgan fingerprint density at radius 1 is 1.19 bits per heavy atom. The van der Waals surface area contributed by atoms with Crippen molar-refractivity contribution in [3.63, 3.8) is 0 Å². The molecule has 0 spiro atoms. The lowest BCUT2D eigenvalue weighted by molar-refractivity contribution is 0.218. The second-order valence-electron chi connectivity index (χ2n) is 9.50. The molecule has 1 unspecified atom stereocenters. The Kier molecular flexibility index (Phi) is 4.89. The fourth-order valence-corrected chi connectivity index (χ4v) is 6.11. The summed E-state index contributed by atoms with van der Waals surface area (Å²) < 4.78 is 5.93. The largest absolute Gasteiger partial charge is 0.493 e. The number of thiophene rings is 1. The summed E-state index contributed by atoms with van der Waals surface area (Å²) in [7, 11) is 0. The molecule has 5 heteroatoms. The first-order valence-electron chi connectivity index (χ1n) is 11.1. The maximum absolute atomic E-state index is 13.3. The third-order valence-corrected chi connectivity index (χ3v) is 7.72. The van der Waals surface area contributed by atoms with E-state index in [4.69, 9.17) is 9.72 Å². The topological polar surface area (TPSA) is 55.0 Å². The lowest BCUT2D eigenvalue weighted by Crippen LogP contribution is -2.26. The molecule has 1 atom stereocenters. The minimum absolute atomic E-state index is 0.0397. The number of H-pyrrole nitrogens is 1. The number of nitrogens with zero attached hydrogens (tertiary/aromatic N) is 1. The van der Waals surface area contributed by atoms with Crippen molar-refractivity contribution in [2.45, 2.75) is 47.0 Å². The zero-order valence-corrected chi connectivity index (χ0v) is 19.4. The van der Waals surface area contributed by atoms with E-state index in [0.29, 0.717) is 18.3 Å². The molecule has 0 amide bonds. The number of aromatic amines is 1. The predicted octanol–water partition coefficient (Wildman–Crippen LogP) is 6.35. The van der Waals surface area contributed by atoms with Gasteiger partial charge < -0.3 is 9.72 Å². The van der Waals surface area contributed by atoms with Crippen LogP contribution in [0.2, 0.25) is 0 Å². The summed E-state index contributed by atoms with van der Waals surface area (Å²) in [5.74, 6) is 1.97. The summed E-state index contributed by atoms with van der Waals surface area (Å²) in [5.41, 5.74) is 2.30. The third-order valence-electron chi connectivity index (χ3n) is 6.57.